The summed E-state index contributed by atoms with van der Waals surface area (Å²) in [6.45, 7) is 6.48. The maximum absolute atomic E-state index is 4.26. The second-order valence-electron chi connectivity index (χ2n) is 3.37. The second-order valence-corrected chi connectivity index (χ2v) is 3.37. The van der Waals surface area contributed by atoms with Crippen LogP contribution in [0.15, 0.2) is 17.1 Å². The number of hydrogen-bond acceptors (Lipinski definition) is 2. The zero-order valence-electron chi connectivity index (χ0n) is 8.82. The third-order valence-corrected chi connectivity index (χ3v) is 2.37. The predicted octanol–water partition coefficient (Wildman–Crippen LogP) is 0.838. The van der Waals surface area contributed by atoms with E-state index in [2.05, 4.69) is 27.9 Å². The maximum Gasteiger partial charge on any atom is 0.122 e. The average Bonchev–Trinajstić information content (AvgIpc) is 2.16. The molecule has 0 aromatic heterocycles. The SMILES string of the molecule is C/C=C\C(=N/C)N1CCN(C)CC1. The van der Waals surface area contributed by atoms with Crippen molar-refractivity contribution in [2.75, 3.05) is 40.3 Å². The van der Waals surface area contributed by atoms with Gasteiger partial charge in [0, 0.05) is 33.2 Å². The molecule has 0 aromatic rings. The zero-order valence-corrected chi connectivity index (χ0v) is 8.82. The molecule has 0 saturated carbocycles. The van der Waals surface area contributed by atoms with Crippen molar-refractivity contribution in [3.05, 3.63) is 12.2 Å². The Hall–Kier alpha value is -0.830. The van der Waals surface area contributed by atoms with E-state index in [0.29, 0.717) is 0 Å². The van der Waals surface area contributed by atoms with Crippen LogP contribution in [0.1, 0.15) is 6.92 Å². The molecule has 1 heterocycles. The Kier molecular flexibility index (Phi) is 3.96. The highest BCUT2D eigenvalue weighted by Gasteiger charge is 2.14. The van der Waals surface area contributed by atoms with E-state index < -0.39 is 0 Å². The molecule has 0 aliphatic carbocycles. The number of piperazine rings is 1. The van der Waals surface area contributed by atoms with Crippen molar-refractivity contribution in [3.63, 3.8) is 0 Å². The Morgan fingerprint density at radius 2 is 1.85 bits per heavy atom. The highest BCUT2D eigenvalue weighted by Crippen LogP contribution is 2.01. The summed E-state index contributed by atoms with van der Waals surface area (Å²) in [5.74, 6) is 1.11. The van der Waals surface area contributed by atoms with Crippen molar-refractivity contribution in [1.82, 2.24) is 9.80 Å². The molecule has 0 bridgehead atoms. The molecule has 1 rings (SSSR count). The maximum atomic E-state index is 4.26. The molecular weight excluding hydrogens is 162 g/mol. The molecule has 0 amide bonds. The topological polar surface area (TPSA) is 18.8 Å². The van der Waals surface area contributed by atoms with Gasteiger partial charge in [-0.3, -0.25) is 4.99 Å². The fraction of sp³-hybridized carbons (Fsp3) is 0.700. The number of nitrogens with zero attached hydrogens (tertiary/aromatic N) is 3. The monoisotopic (exact) mass is 181 g/mol. The van der Waals surface area contributed by atoms with E-state index in [4.69, 9.17) is 0 Å². The summed E-state index contributed by atoms with van der Waals surface area (Å²) >= 11 is 0. The van der Waals surface area contributed by atoms with Crippen LogP contribution in [0.3, 0.4) is 0 Å². The Morgan fingerprint density at radius 1 is 1.23 bits per heavy atom. The van der Waals surface area contributed by atoms with Crippen LogP contribution in [0.5, 0.6) is 0 Å². The molecule has 3 nitrogen and oxygen atoms in total. The van der Waals surface area contributed by atoms with Crippen molar-refractivity contribution in [3.8, 4) is 0 Å². The normalized spacial score (nSPS) is 21.5. The van der Waals surface area contributed by atoms with Crippen LogP contribution in [-0.2, 0) is 0 Å². The van der Waals surface area contributed by atoms with Crippen LogP contribution in [0.25, 0.3) is 0 Å². The van der Waals surface area contributed by atoms with Gasteiger partial charge in [0.2, 0.25) is 0 Å². The number of allylic oxidation sites excluding steroid dienone is 1. The molecule has 74 valence electrons. The van der Waals surface area contributed by atoms with Crippen molar-refractivity contribution in [2.45, 2.75) is 6.92 Å². The predicted molar refractivity (Wildman–Crippen MR) is 57.2 cm³/mol. The number of amidine groups is 1. The summed E-state index contributed by atoms with van der Waals surface area (Å²) in [7, 11) is 4.02. The summed E-state index contributed by atoms with van der Waals surface area (Å²) < 4.78 is 0. The first-order valence-electron chi connectivity index (χ1n) is 4.81. The van der Waals surface area contributed by atoms with E-state index in [9.17, 15) is 0 Å². The highest BCUT2D eigenvalue weighted by atomic mass is 15.3. The molecular formula is C10H19N3. The Labute approximate surface area is 80.7 Å². The van der Waals surface area contributed by atoms with Gasteiger partial charge in [0.25, 0.3) is 0 Å². The van der Waals surface area contributed by atoms with Crippen LogP contribution in [0.4, 0.5) is 0 Å². The molecule has 0 atom stereocenters. The molecule has 1 aliphatic heterocycles. The summed E-state index contributed by atoms with van der Waals surface area (Å²) in [6, 6.07) is 0. The van der Waals surface area contributed by atoms with Crippen molar-refractivity contribution < 1.29 is 0 Å². The van der Waals surface area contributed by atoms with Gasteiger partial charge in [-0.2, -0.15) is 0 Å². The molecule has 3 heteroatoms. The smallest absolute Gasteiger partial charge is 0.122 e. The molecule has 1 aliphatic rings. The number of rotatable bonds is 1. The molecule has 1 saturated heterocycles. The third-order valence-electron chi connectivity index (χ3n) is 2.37. The number of likely N-dealkylation sites (N-methyl/N-ethyl adjacent to an activating group) is 1. The zero-order chi connectivity index (χ0) is 9.68. The Balaban J connectivity index is 2.52. The van der Waals surface area contributed by atoms with E-state index in [1.807, 2.05) is 20.0 Å². The Bertz CT molecular complexity index is 200. The third kappa shape index (κ3) is 2.84. The minimum atomic E-state index is 1.09. The van der Waals surface area contributed by atoms with Crippen LogP contribution in [0.2, 0.25) is 0 Å². The molecule has 0 aromatic carbocycles. The van der Waals surface area contributed by atoms with E-state index >= 15 is 0 Å². The molecule has 0 spiro atoms. The standard InChI is InChI=1S/C10H19N3/c1-4-5-10(11-2)13-8-6-12(3)7-9-13/h4-5H,6-9H2,1-3H3/b5-4-,11-10+. The van der Waals surface area contributed by atoms with Crippen LogP contribution < -0.4 is 0 Å². The largest absolute Gasteiger partial charge is 0.354 e. The summed E-state index contributed by atoms with van der Waals surface area (Å²) in [5.41, 5.74) is 0. The van der Waals surface area contributed by atoms with Crippen molar-refractivity contribution in [2.24, 2.45) is 4.99 Å². The highest BCUT2D eigenvalue weighted by molar-refractivity contribution is 5.92. The van der Waals surface area contributed by atoms with E-state index in [1.54, 1.807) is 0 Å². The van der Waals surface area contributed by atoms with Gasteiger partial charge in [-0.25, -0.2) is 0 Å². The van der Waals surface area contributed by atoms with Gasteiger partial charge in [-0.05, 0) is 20.0 Å². The second kappa shape index (κ2) is 5.02. The molecule has 0 unspecified atom stereocenters. The fourth-order valence-corrected chi connectivity index (χ4v) is 1.51. The lowest BCUT2D eigenvalue weighted by Crippen LogP contribution is -2.46. The summed E-state index contributed by atoms with van der Waals surface area (Å²) in [6.07, 6.45) is 4.12. The minimum Gasteiger partial charge on any atom is -0.354 e. The fourth-order valence-electron chi connectivity index (χ4n) is 1.51. The molecule has 1 fully saturated rings. The van der Waals surface area contributed by atoms with Gasteiger partial charge in [0.15, 0.2) is 0 Å². The van der Waals surface area contributed by atoms with Crippen molar-refractivity contribution in [1.29, 1.82) is 0 Å². The van der Waals surface area contributed by atoms with Gasteiger partial charge >= 0.3 is 0 Å². The van der Waals surface area contributed by atoms with Crippen molar-refractivity contribution >= 4 is 5.84 Å². The number of aliphatic imine (C=N–C) groups is 1. The molecule has 13 heavy (non-hydrogen) atoms. The van der Waals surface area contributed by atoms with Gasteiger partial charge in [0.1, 0.15) is 5.84 Å². The van der Waals surface area contributed by atoms with E-state index in [0.717, 1.165) is 32.0 Å². The minimum absolute atomic E-state index is 1.09. The lowest BCUT2D eigenvalue weighted by Gasteiger charge is -2.33. The summed E-state index contributed by atoms with van der Waals surface area (Å²) in [5, 5.41) is 0. The van der Waals surface area contributed by atoms with Crippen LogP contribution in [0, 0.1) is 0 Å². The lowest BCUT2D eigenvalue weighted by atomic mass is 10.3. The first-order valence-corrected chi connectivity index (χ1v) is 4.81. The van der Waals surface area contributed by atoms with Crippen LogP contribution in [-0.4, -0.2) is 55.9 Å². The van der Waals surface area contributed by atoms with E-state index in [1.165, 1.54) is 0 Å². The first kappa shape index (κ1) is 10.3. The summed E-state index contributed by atoms with van der Waals surface area (Å²) in [4.78, 5) is 8.94. The molecule has 0 radical (unpaired) electrons. The number of hydrogen-bond donors (Lipinski definition) is 0. The van der Waals surface area contributed by atoms with Gasteiger partial charge in [-0.15, -0.1) is 0 Å². The Morgan fingerprint density at radius 3 is 2.31 bits per heavy atom. The quantitative estimate of drug-likeness (QED) is 0.441. The van der Waals surface area contributed by atoms with Crippen LogP contribution >= 0.6 is 0 Å². The molecule has 0 N–H and O–H groups in total. The van der Waals surface area contributed by atoms with E-state index in [-0.39, 0.29) is 0 Å². The first-order chi connectivity index (χ1) is 6.27. The van der Waals surface area contributed by atoms with Gasteiger partial charge in [0.05, 0.1) is 0 Å². The van der Waals surface area contributed by atoms with Gasteiger partial charge in [-0.1, -0.05) is 6.08 Å². The lowest BCUT2D eigenvalue weighted by molar-refractivity contribution is 0.216. The average molecular weight is 181 g/mol. The van der Waals surface area contributed by atoms with Gasteiger partial charge < -0.3 is 9.80 Å².